The van der Waals surface area contributed by atoms with E-state index in [1.165, 1.54) is 5.56 Å². The second kappa shape index (κ2) is 7.83. The van der Waals surface area contributed by atoms with E-state index < -0.39 is 0 Å². The van der Waals surface area contributed by atoms with Crippen molar-refractivity contribution < 1.29 is 4.79 Å². The zero-order valence-electron chi connectivity index (χ0n) is 14.6. The average Bonchev–Trinajstić information content (AvgIpc) is 3.17. The zero-order valence-corrected chi connectivity index (χ0v) is 15.4. The van der Waals surface area contributed by atoms with E-state index in [1.54, 1.807) is 17.7 Å². The van der Waals surface area contributed by atoms with Crippen molar-refractivity contribution in [3.63, 3.8) is 0 Å². The number of aromatic nitrogens is 2. The Morgan fingerprint density at radius 3 is 2.77 bits per heavy atom. The van der Waals surface area contributed by atoms with Crippen LogP contribution in [0.25, 0.3) is 10.2 Å². The van der Waals surface area contributed by atoms with E-state index in [1.807, 2.05) is 16.3 Å². The minimum Gasteiger partial charge on any atom is -0.360 e. The molecule has 26 heavy (non-hydrogen) atoms. The largest absolute Gasteiger partial charge is 0.360 e. The summed E-state index contributed by atoms with van der Waals surface area (Å²) in [4.78, 5) is 23.9. The third-order valence-electron chi connectivity index (χ3n) is 5.00. The SMILES string of the molecule is O=C(CNc1ncnc2sccc12)N1CCC(Cc2ccccc2)CC1. The van der Waals surface area contributed by atoms with Crippen LogP contribution in [0.5, 0.6) is 0 Å². The average molecular weight is 366 g/mol. The lowest BCUT2D eigenvalue weighted by Crippen LogP contribution is -2.41. The molecular weight excluding hydrogens is 344 g/mol. The van der Waals surface area contributed by atoms with E-state index in [-0.39, 0.29) is 12.5 Å². The Morgan fingerprint density at radius 2 is 1.96 bits per heavy atom. The number of thiophene rings is 1. The van der Waals surface area contributed by atoms with Gasteiger partial charge in [0, 0.05) is 13.1 Å². The van der Waals surface area contributed by atoms with Crippen LogP contribution < -0.4 is 5.32 Å². The predicted molar refractivity (Wildman–Crippen MR) is 105 cm³/mol. The van der Waals surface area contributed by atoms with Gasteiger partial charge in [0.1, 0.15) is 17.0 Å². The van der Waals surface area contributed by atoms with Gasteiger partial charge < -0.3 is 10.2 Å². The Kier molecular flexibility index (Phi) is 5.11. The molecule has 0 radical (unpaired) electrons. The number of benzene rings is 1. The molecular formula is C20H22N4OS. The highest BCUT2D eigenvalue weighted by Gasteiger charge is 2.23. The Morgan fingerprint density at radius 1 is 1.15 bits per heavy atom. The van der Waals surface area contributed by atoms with E-state index >= 15 is 0 Å². The van der Waals surface area contributed by atoms with E-state index in [9.17, 15) is 4.79 Å². The molecule has 1 saturated heterocycles. The van der Waals surface area contributed by atoms with Gasteiger partial charge in [0.15, 0.2) is 0 Å². The van der Waals surface area contributed by atoms with Crippen LogP contribution in [-0.2, 0) is 11.2 Å². The second-order valence-corrected chi connectivity index (χ2v) is 7.62. The lowest BCUT2D eigenvalue weighted by molar-refractivity contribution is -0.130. The van der Waals surface area contributed by atoms with Crippen LogP contribution in [0, 0.1) is 5.92 Å². The van der Waals surface area contributed by atoms with E-state index in [0.29, 0.717) is 5.92 Å². The highest BCUT2D eigenvalue weighted by atomic mass is 32.1. The number of amides is 1. The summed E-state index contributed by atoms with van der Waals surface area (Å²) in [6, 6.07) is 12.6. The van der Waals surface area contributed by atoms with Gasteiger partial charge in [-0.05, 0) is 42.2 Å². The first kappa shape index (κ1) is 17.0. The van der Waals surface area contributed by atoms with Crippen molar-refractivity contribution in [3.05, 3.63) is 53.7 Å². The summed E-state index contributed by atoms with van der Waals surface area (Å²) in [7, 11) is 0. The van der Waals surface area contributed by atoms with Crippen LogP contribution in [0.4, 0.5) is 5.82 Å². The van der Waals surface area contributed by atoms with Crippen molar-refractivity contribution in [2.24, 2.45) is 5.92 Å². The summed E-state index contributed by atoms with van der Waals surface area (Å²) in [5, 5.41) is 6.15. The summed E-state index contributed by atoms with van der Waals surface area (Å²) < 4.78 is 0. The first-order chi connectivity index (χ1) is 12.8. The van der Waals surface area contributed by atoms with E-state index in [0.717, 1.165) is 48.4 Å². The summed E-state index contributed by atoms with van der Waals surface area (Å²) in [5.74, 6) is 1.55. The van der Waals surface area contributed by atoms with Crippen LogP contribution in [0.2, 0.25) is 0 Å². The molecule has 134 valence electrons. The lowest BCUT2D eigenvalue weighted by Gasteiger charge is -2.32. The molecule has 1 N–H and O–H groups in total. The third-order valence-corrected chi connectivity index (χ3v) is 5.82. The molecule has 5 nitrogen and oxygen atoms in total. The monoisotopic (exact) mass is 366 g/mol. The maximum atomic E-state index is 12.5. The van der Waals surface area contributed by atoms with Crippen LogP contribution in [-0.4, -0.2) is 40.4 Å². The molecule has 3 aromatic rings. The van der Waals surface area contributed by atoms with Gasteiger partial charge >= 0.3 is 0 Å². The van der Waals surface area contributed by atoms with Crippen molar-refractivity contribution in [1.29, 1.82) is 0 Å². The molecule has 1 aliphatic rings. The molecule has 2 aromatic heterocycles. The summed E-state index contributed by atoms with van der Waals surface area (Å²) in [6.07, 6.45) is 4.80. The molecule has 1 aromatic carbocycles. The Balaban J connectivity index is 1.28. The minimum absolute atomic E-state index is 0.144. The molecule has 0 unspecified atom stereocenters. The first-order valence-electron chi connectivity index (χ1n) is 9.03. The fraction of sp³-hybridized carbons (Fsp3) is 0.350. The molecule has 0 atom stereocenters. The summed E-state index contributed by atoms with van der Waals surface area (Å²) in [6.45, 7) is 1.97. The number of likely N-dealkylation sites (tertiary alicyclic amines) is 1. The molecule has 4 rings (SSSR count). The highest BCUT2D eigenvalue weighted by Crippen LogP contribution is 2.24. The number of rotatable bonds is 5. The normalized spacial score (nSPS) is 15.3. The van der Waals surface area contributed by atoms with Crippen molar-refractivity contribution in [3.8, 4) is 0 Å². The molecule has 1 amide bonds. The number of carbonyl (C=O) groups is 1. The highest BCUT2D eigenvalue weighted by molar-refractivity contribution is 7.16. The lowest BCUT2D eigenvalue weighted by atomic mass is 9.90. The van der Waals surface area contributed by atoms with Crippen LogP contribution >= 0.6 is 11.3 Å². The molecule has 3 heterocycles. The van der Waals surface area contributed by atoms with Crippen molar-refractivity contribution in [1.82, 2.24) is 14.9 Å². The van der Waals surface area contributed by atoms with Crippen LogP contribution in [0.15, 0.2) is 48.1 Å². The number of fused-ring (bicyclic) bond motifs is 1. The van der Waals surface area contributed by atoms with Crippen LogP contribution in [0.3, 0.4) is 0 Å². The molecule has 0 aliphatic carbocycles. The predicted octanol–water partition coefficient (Wildman–Crippen LogP) is 3.58. The van der Waals surface area contributed by atoms with E-state index in [2.05, 4.69) is 45.6 Å². The fourth-order valence-electron chi connectivity index (χ4n) is 3.54. The number of nitrogens with one attached hydrogen (secondary N) is 1. The van der Waals surface area contributed by atoms with Crippen LogP contribution in [0.1, 0.15) is 18.4 Å². The number of nitrogens with zero attached hydrogens (tertiary/aromatic N) is 3. The smallest absolute Gasteiger partial charge is 0.241 e. The number of piperidine rings is 1. The number of anilines is 1. The van der Waals surface area contributed by atoms with Crippen molar-refractivity contribution >= 4 is 33.3 Å². The molecule has 0 saturated carbocycles. The molecule has 0 bridgehead atoms. The minimum atomic E-state index is 0.144. The quantitative estimate of drug-likeness (QED) is 0.750. The van der Waals surface area contributed by atoms with Gasteiger partial charge in [-0.15, -0.1) is 11.3 Å². The van der Waals surface area contributed by atoms with Gasteiger partial charge in [-0.1, -0.05) is 30.3 Å². The number of carbonyl (C=O) groups excluding carboxylic acids is 1. The fourth-order valence-corrected chi connectivity index (χ4v) is 4.27. The van der Waals surface area contributed by atoms with Gasteiger partial charge in [-0.2, -0.15) is 0 Å². The number of hydrogen-bond acceptors (Lipinski definition) is 5. The van der Waals surface area contributed by atoms with Gasteiger partial charge in [0.25, 0.3) is 0 Å². The molecule has 1 fully saturated rings. The molecule has 6 heteroatoms. The van der Waals surface area contributed by atoms with Gasteiger partial charge in [-0.25, -0.2) is 9.97 Å². The number of hydrogen-bond donors (Lipinski definition) is 1. The Hall–Kier alpha value is -2.47. The van der Waals surface area contributed by atoms with E-state index in [4.69, 9.17) is 0 Å². The topological polar surface area (TPSA) is 58.1 Å². The van der Waals surface area contributed by atoms with Crippen molar-refractivity contribution in [2.45, 2.75) is 19.3 Å². The molecule has 0 spiro atoms. The molecule has 1 aliphatic heterocycles. The Labute approximate surface area is 157 Å². The standard InChI is InChI=1S/C20H22N4OS/c25-18(13-21-19-17-8-11-26-20(17)23-14-22-19)24-9-6-16(7-10-24)12-15-4-2-1-3-5-15/h1-5,8,11,14,16H,6-7,9-10,12-13H2,(H,21,22,23). The van der Waals surface area contributed by atoms with Gasteiger partial charge in [-0.3, -0.25) is 4.79 Å². The third kappa shape index (κ3) is 3.85. The van der Waals surface area contributed by atoms with Gasteiger partial charge in [0.05, 0.1) is 11.9 Å². The summed E-state index contributed by atoms with van der Waals surface area (Å²) >= 11 is 1.58. The van der Waals surface area contributed by atoms with Gasteiger partial charge in [0.2, 0.25) is 5.91 Å². The van der Waals surface area contributed by atoms with Crippen molar-refractivity contribution in [2.75, 3.05) is 25.0 Å². The maximum Gasteiger partial charge on any atom is 0.241 e. The maximum absolute atomic E-state index is 12.5. The zero-order chi connectivity index (χ0) is 17.8. The summed E-state index contributed by atoms with van der Waals surface area (Å²) in [5.41, 5.74) is 1.39. The second-order valence-electron chi connectivity index (χ2n) is 6.73. The first-order valence-corrected chi connectivity index (χ1v) is 9.91. The Bertz CT molecular complexity index is 872.